The molecule has 0 bridgehead atoms. The zero-order valence-electron chi connectivity index (χ0n) is 16.4. The summed E-state index contributed by atoms with van der Waals surface area (Å²) in [6, 6.07) is 4.21. The van der Waals surface area contributed by atoms with Gasteiger partial charge in [0.05, 0.1) is 12.3 Å². The van der Waals surface area contributed by atoms with E-state index in [0.717, 1.165) is 16.6 Å². The van der Waals surface area contributed by atoms with Gasteiger partial charge >= 0.3 is 12.0 Å². The van der Waals surface area contributed by atoms with Gasteiger partial charge in [0.2, 0.25) is 0 Å². The highest BCUT2D eigenvalue weighted by atomic mass is 32.2. The molecular weight excluding hydrogens is 417 g/mol. The lowest BCUT2D eigenvalue weighted by atomic mass is 10.1. The van der Waals surface area contributed by atoms with E-state index in [1.165, 1.54) is 23.5 Å². The second-order valence-corrected chi connectivity index (χ2v) is 8.96. The third-order valence-corrected chi connectivity index (χ3v) is 5.35. The van der Waals surface area contributed by atoms with Gasteiger partial charge in [-0.05, 0) is 45.2 Å². The SMILES string of the molecule is CS/C(=N/C(=O)c1nc2c(s1)CCOc1ccc(F)cc1-2)NC(=O)OC(C)(C)C. The lowest BCUT2D eigenvalue weighted by Gasteiger charge is -2.19. The van der Waals surface area contributed by atoms with Gasteiger partial charge in [0.25, 0.3) is 0 Å². The molecule has 1 N–H and O–H groups in total. The Bertz CT molecular complexity index is 982. The number of aliphatic imine (C=N–C) groups is 1. The third-order valence-electron chi connectivity index (χ3n) is 3.67. The Balaban J connectivity index is 1.85. The molecule has 0 radical (unpaired) electrons. The fourth-order valence-corrected chi connectivity index (χ4v) is 3.85. The van der Waals surface area contributed by atoms with Gasteiger partial charge in [-0.25, -0.2) is 14.2 Å². The van der Waals surface area contributed by atoms with Crippen LogP contribution in [0.3, 0.4) is 0 Å². The van der Waals surface area contributed by atoms with Gasteiger partial charge in [-0.3, -0.25) is 10.1 Å². The van der Waals surface area contributed by atoms with E-state index < -0.39 is 23.4 Å². The molecule has 0 spiro atoms. The van der Waals surface area contributed by atoms with Gasteiger partial charge < -0.3 is 9.47 Å². The second-order valence-electron chi connectivity index (χ2n) is 7.08. The molecule has 7 nitrogen and oxygen atoms in total. The summed E-state index contributed by atoms with van der Waals surface area (Å²) < 4.78 is 24.5. The molecule has 0 unspecified atom stereocenters. The maximum Gasteiger partial charge on any atom is 0.413 e. The normalized spacial score (nSPS) is 13.6. The molecule has 0 fully saturated rings. The van der Waals surface area contributed by atoms with E-state index in [4.69, 9.17) is 9.47 Å². The summed E-state index contributed by atoms with van der Waals surface area (Å²) >= 11 is 2.28. The van der Waals surface area contributed by atoms with Crippen LogP contribution in [-0.4, -0.2) is 40.6 Å². The molecule has 1 aliphatic heterocycles. The molecule has 29 heavy (non-hydrogen) atoms. The smallest absolute Gasteiger partial charge is 0.413 e. The standard InChI is InChI=1S/C19H20FN3O4S2/c1-19(2,3)27-18(25)23-17(28-4)22-15(24)16-21-14-11-9-10(20)5-6-12(11)26-8-7-13(14)29-16/h5-6,9H,7-8H2,1-4H3,(H,22,23,24,25). The average molecular weight is 438 g/mol. The van der Waals surface area contributed by atoms with E-state index in [9.17, 15) is 14.0 Å². The van der Waals surface area contributed by atoms with Crippen LogP contribution >= 0.6 is 23.1 Å². The van der Waals surface area contributed by atoms with Gasteiger partial charge in [-0.15, -0.1) is 11.3 Å². The molecule has 2 aromatic rings. The van der Waals surface area contributed by atoms with Gasteiger partial charge in [-0.2, -0.15) is 4.99 Å². The summed E-state index contributed by atoms with van der Waals surface area (Å²) in [4.78, 5) is 33.7. The van der Waals surface area contributed by atoms with Crippen molar-refractivity contribution in [2.75, 3.05) is 12.9 Å². The largest absolute Gasteiger partial charge is 0.493 e. The molecule has 0 saturated heterocycles. The Morgan fingerprint density at radius 2 is 2.14 bits per heavy atom. The van der Waals surface area contributed by atoms with Crippen LogP contribution in [0.1, 0.15) is 35.5 Å². The number of amidine groups is 1. The maximum atomic E-state index is 13.7. The predicted molar refractivity (Wildman–Crippen MR) is 111 cm³/mol. The number of benzene rings is 1. The zero-order chi connectivity index (χ0) is 21.2. The van der Waals surface area contributed by atoms with Crippen LogP contribution in [0.4, 0.5) is 9.18 Å². The quantitative estimate of drug-likeness (QED) is 0.529. The van der Waals surface area contributed by atoms with E-state index in [1.54, 1.807) is 33.1 Å². The number of hydrogen-bond donors (Lipinski definition) is 1. The van der Waals surface area contributed by atoms with Crippen LogP contribution in [0.2, 0.25) is 0 Å². The van der Waals surface area contributed by atoms with Crippen LogP contribution in [-0.2, 0) is 11.2 Å². The third kappa shape index (κ3) is 5.33. The number of thiazole rings is 1. The summed E-state index contributed by atoms with van der Waals surface area (Å²) in [5.41, 5.74) is 0.356. The highest BCUT2D eigenvalue weighted by molar-refractivity contribution is 8.13. The number of ether oxygens (including phenoxy) is 2. The Morgan fingerprint density at radius 1 is 1.38 bits per heavy atom. The van der Waals surface area contributed by atoms with Gasteiger partial charge in [0.15, 0.2) is 10.2 Å². The summed E-state index contributed by atoms with van der Waals surface area (Å²) in [6.07, 6.45) is 1.53. The van der Waals surface area contributed by atoms with Crippen molar-refractivity contribution in [3.05, 3.63) is 33.9 Å². The molecule has 2 heterocycles. The molecule has 2 amide bonds. The maximum absolute atomic E-state index is 13.7. The lowest BCUT2D eigenvalue weighted by molar-refractivity contribution is 0.0564. The molecular formula is C19H20FN3O4S2. The first-order chi connectivity index (χ1) is 13.7. The number of fused-ring (bicyclic) bond motifs is 3. The molecule has 1 aromatic heterocycles. The fourth-order valence-electron chi connectivity index (χ4n) is 2.55. The fraction of sp³-hybridized carbons (Fsp3) is 0.368. The average Bonchev–Trinajstić information content (AvgIpc) is 2.97. The molecule has 1 aromatic carbocycles. The van der Waals surface area contributed by atoms with E-state index in [1.807, 2.05) is 0 Å². The van der Waals surface area contributed by atoms with Crippen molar-refractivity contribution in [3.8, 4) is 17.0 Å². The van der Waals surface area contributed by atoms with E-state index in [0.29, 0.717) is 30.0 Å². The number of halogens is 1. The number of carbonyl (C=O) groups excluding carboxylic acids is 2. The summed E-state index contributed by atoms with van der Waals surface area (Å²) in [6.45, 7) is 5.61. The van der Waals surface area contributed by atoms with E-state index in [-0.39, 0.29) is 10.2 Å². The lowest BCUT2D eigenvalue weighted by Crippen LogP contribution is -2.35. The topological polar surface area (TPSA) is 89.9 Å². The molecule has 0 aliphatic carbocycles. The number of thioether (sulfide) groups is 1. The highest BCUT2D eigenvalue weighted by Crippen LogP contribution is 2.38. The van der Waals surface area contributed by atoms with Crippen molar-refractivity contribution in [2.24, 2.45) is 4.99 Å². The second kappa shape index (κ2) is 8.50. The van der Waals surface area contributed by atoms with Crippen LogP contribution < -0.4 is 10.1 Å². The Morgan fingerprint density at radius 3 is 2.83 bits per heavy atom. The molecule has 10 heteroatoms. The highest BCUT2D eigenvalue weighted by Gasteiger charge is 2.24. The number of hydrogen-bond acceptors (Lipinski definition) is 7. The van der Waals surface area contributed by atoms with E-state index in [2.05, 4.69) is 15.3 Å². The first kappa shape index (κ1) is 21.3. The van der Waals surface area contributed by atoms with Gasteiger partial charge in [-0.1, -0.05) is 11.8 Å². The van der Waals surface area contributed by atoms with Crippen molar-refractivity contribution in [1.82, 2.24) is 10.3 Å². The first-order valence-corrected chi connectivity index (χ1v) is 10.8. The van der Waals surface area contributed by atoms with Gasteiger partial charge in [0, 0.05) is 16.9 Å². The summed E-state index contributed by atoms with van der Waals surface area (Å²) in [7, 11) is 0. The zero-order valence-corrected chi connectivity index (χ0v) is 18.0. The van der Waals surface area contributed by atoms with Gasteiger partial charge in [0.1, 0.15) is 17.2 Å². The Hall–Kier alpha value is -2.46. The number of amides is 2. The summed E-state index contributed by atoms with van der Waals surface area (Å²) in [5, 5.41) is 2.72. The van der Waals surface area contributed by atoms with Crippen LogP contribution in [0, 0.1) is 5.82 Å². The molecule has 154 valence electrons. The van der Waals surface area contributed by atoms with Crippen LogP contribution in [0.15, 0.2) is 23.2 Å². The first-order valence-electron chi connectivity index (χ1n) is 8.75. The number of aromatic nitrogens is 1. The number of nitrogens with one attached hydrogen (secondary N) is 1. The van der Waals surface area contributed by atoms with Crippen molar-refractivity contribution in [2.45, 2.75) is 32.8 Å². The van der Waals surface area contributed by atoms with Crippen LogP contribution in [0.5, 0.6) is 5.75 Å². The van der Waals surface area contributed by atoms with E-state index >= 15 is 0 Å². The number of carbonyl (C=O) groups is 2. The monoisotopic (exact) mass is 437 g/mol. The Labute approximate surface area is 175 Å². The minimum atomic E-state index is -0.699. The summed E-state index contributed by atoms with van der Waals surface area (Å²) in [5.74, 6) is -0.484. The number of alkyl carbamates (subject to hydrolysis) is 1. The van der Waals surface area contributed by atoms with Crippen molar-refractivity contribution in [1.29, 1.82) is 0 Å². The molecule has 0 saturated carbocycles. The van der Waals surface area contributed by atoms with Crippen molar-refractivity contribution < 1.29 is 23.5 Å². The Kier molecular flexibility index (Phi) is 6.23. The number of rotatable bonds is 1. The predicted octanol–water partition coefficient (Wildman–Crippen LogP) is 4.27. The van der Waals surface area contributed by atoms with Crippen molar-refractivity contribution >= 4 is 40.3 Å². The molecule has 0 atom stereocenters. The van der Waals surface area contributed by atoms with Crippen LogP contribution in [0.25, 0.3) is 11.3 Å². The minimum Gasteiger partial charge on any atom is -0.493 e. The number of nitrogens with zero attached hydrogens (tertiary/aromatic N) is 2. The molecule has 3 rings (SSSR count). The van der Waals surface area contributed by atoms with Crippen molar-refractivity contribution in [3.63, 3.8) is 0 Å². The molecule has 1 aliphatic rings. The minimum absolute atomic E-state index is 0.101.